The van der Waals surface area contributed by atoms with Crippen molar-refractivity contribution in [2.45, 2.75) is 38.6 Å². The Morgan fingerprint density at radius 3 is 2.54 bits per heavy atom. The Balaban J connectivity index is 2.14. The molecule has 13 heavy (non-hydrogen) atoms. The summed E-state index contributed by atoms with van der Waals surface area (Å²) in [5.74, 6) is 5.69. The Hall–Kier alpha value is -0.610. The molecule has 0 aliphatic heterocycles. The molecule has 0 radical (unpaired) electrons. The van der Waals surface area contributed by atoms with E-state index in [1.807, 2.05) is 0 Å². The summed E-state index contributed by atoms with van der Waals surface area (Å²) >= 11 is 0. The number of hydrogen-bond donors (Lipinski definition) is 2. The van der Waals surface area contributed by atoms with Crippen LogP contribution < -0.4 is 11.3 Å². The first kappa shape index (κ1) is 10.5. The molecular formula is C9H18N2O2. The van der Waals surface area contributed by atoms with E-state index < -0.39 is 0 Å². The van der Waals surface area contributed by atoms with Gasteiger partial charge in [-0.1, -0.05) is 0 Å². The average molecular weight is 186 g/mol. The van der Waals surface area contributed by atoms with Crippen LogP contribution in [-0.2, 0) is 9.53 Å². The van der Waals surface area contributed by atoms with Crippen molar-refractivity contribution >= 4 is 5.97 Å². The molecule has 0 atom stereocenters. The highest BCUT2D eigenvalue weighted by Gasteiger charge is 2.20. The molecule has 4 nitrogen and oxygen atoms in total. The highest BCUT2D eigenvalue weighted by molar-refractivity contribution is 5.65. The number of nitrogens with two attached hydrogens (primary N) is 1. The molecule has 1 saturated carbocycles. The van der Waals surface area contributed by atoms with Crippen LogP contribution in [0.25, 0.3) is 0 Å². The second-order valence-corrected chi connectivity index (χ2v) is 3.69. The van der Waals surface area contributed by atoms with Crippen LogP contribution in [-0.4, -0.2) is 18.6 Å². The van der Waals surface area contributed by atoms with Crippen LogP contribution in [0.2, 0.25) is 0 Å². The largest absolute Gasteiger partial charge is 0.466 e. The minimum absolute atomic E-state index is 0.181. The maximum Gasteiger partial charge on any atom is 0.302 e. The Morgan fingerprint density at radius 2 is 2.08 bits per heavy atom. The van der Waals surface area contributed by atoms with Crippen molar-refractivity contribution in [2.24, 2.45) is 11.8 Å². The number of nitrogens with one attached hydrogen (secondary N) is 1. The fourth-order valence-electron chi connectivity index (χ4n) is 1.73. The van der Waals surface area contributed by atoms with Gasteiger partial charge in [0.25, 0.3) is 0 Å². The predicted octanol–water partition coefficient (Wildman–Crippen LogP) is 0.572. The summed E-state index contributed by atoms with van der Waals surface area (Å²) < 4.78 is 4.96. The smallest absolute Gasteiger partial charge is 0.302 e. The van der Waals surface area contributed by atoms with Gasteiger partial charge in [-0.3, -0.25) is 16.1 Å². The van der Waals surface area contributed by atoms with Crippen molar-refractivity contribution in [1.29, 1.82) is 0 Å². The number of carbonyl (C=O) groups is 1. The van der Waals surface area contributed by atoms with E-state index >= 15 is 0 Å². The van der Waals surface area contributed by atoms with E-state index in [2.05, 4.69) is 5.43 Å². The van der Waals surface area contributed by atoms with Crippen LogP contribution >= 0.6 is 0 Å². The third-order valence-electron chi connectivity index (χ3n) is 2.60. The normalized spacial score (nSPS) is 28.5. The molecule has 4 heteroatoms. The summed E-state index contributed by atoms with van der Waals surface area (Å²) in [6.07, 6.45) is 4.37. The van der Waals surface area contributed by atoms with Crippen molar-refractivity contribution in [3.8, 4) is 0 Å². The van der Waals surface area contributed by atoms with E-state index in [1.54, 1.807) is 0 Å². The highest BCUT2D eigenvalue weighted by atomic mass is 16.5. The number of ether oxygens (including phenoxy) is 1. The van der Waals surface area contributed by atoms with E-state index in [0.717, 1.165) is 25.7 Å². The van der Waals surface area contributed by atoms with E-state index in [1.165, 1.54) is 6.92 Å². The zero-order valence-electron chi connectivity index (χ0n) is 8.08. The molecule has 1 fully saturated rings. The minimum atomic E-state index is -0.181. The lowest BCUT2D eigenvalue weighted by atomic mass is 9.87. The molecule has 3 N–H and O–H groups in total. The lowest BCUT2D eigenvalue weighted by molar-refractivity contribution is -0.142. The van der Waals surface area contributed by atoms with E-state index in [0.29, 0.717) is 18.6 Å². The molecule has 0 aromatic heterocycles. The summed E-state index contributed by atoms with van der Waals surface area (Å²) in [6, 6.07) is 0.452. The Morgan fingerprint density at radius 1 is 1.46 bits per heavy atom. The molecule has 1 rings (SSSR count). The van der Waals surface area contributed by atoms with Crippen molar-refractivity contribution in [3.05, 3.63) is 0 Å². The first-order valence-electron chi connectivity index (χ1n) is 4.82. The fraction of sp³-hybridized carbons (Fsp3) is 0.889. The molecular weight excluding hydrogens is 168 g/mol. The number of hydrogen-bond acceptors (Lipinski definition) is 4. The van der Waals surface area contributed by atoms with Crippen molar-refractivity contribution in [2.75, 3.05) is 6.61 Å². The highest BCUT2D eigenvalue weighted by Crippen LogP contribution is 2.23. The van der Waals surface area contributed by atoms with Gasteiger partial charge in [0.1, 0.15) is 0 Å². The predicted molar refractivity (Wildman–Crippen MR) is 49.7 cm³/mol. The standard InChI is InChI=1S/C9H18N2O2/c1-7(12)13-6-8-2-4-9(11-10)5-3-8/h8-9,11H,2-6,10H2,1H3. The van der Waals surface area contributed by atoms with Gasteiger partial charge in [-0.25, -0.2) is 0 Å². The second-order valence-electron chi connectivity index (χ2n) is 3.69. The lowest BCUT2D eigenvalue weighted by Crippen LogP contribution is -2.38. The SMILES string of the molecule is CC(=O)OCC1CCC(NN)CC1. The molecule has 0 heterocycles. The topological polar surface area (TPSA) is 64.3 Å². The van der Waals surface area contributed by atoms with Crippen LogP contribution in [0.15, 0.2) is 0 Å². The van der Waals surface area contributed by atoms with E-state index in [-0.39, 0.29) is 5.97 Å². The first-order valence-corrected chi connectivity index (χ1v) is 4.82. The monoisotopic (exact) mass is 186 g/mol. The molecule has 1 aliphatic rings. The summed E-state index contributed by atoms with van der Waals surface area (Å²) in [6.45, 7) is 2.03. The molecule has 0 unspecified atom stereocenters. The number of hydrazine groups is 1. The average Bonchev–Trinajstić information content (AvgIpc) is 2.15. The molecule has 0 aromatic carbocycles. The number of rotatable bonds is 3. The van der Waals surface area contributed by atoms with Crippen LogP contribution in [0.3, 0.4) is 0 Å². The Labute approximate surface area is 78.8 Å². The summed E-state index contributed by atoms with van der Waals surface area (Å²) in [5.41, 5.74) is 2.78. The lowest BCUT2D eigenvalue weighted by Gasteiger charge is -2.27. The molecule has 1 aliphatic carbocycles. The van der Waals surface area contributed by atoms with Crippen LogP contribution in [0.1, 0.15) is 32.6 Å². The quantitative estimate of drug-likeness (QED) is 0.384. The second kappa shape index (κ2) is 5.19. The third kappa shape index (κ3) is 3.74. The molecule has 0 spiro atoms. The van der Waals surface area contributed by atoms with Crippen molar-refractivity contribution in [1.82, 2.24) is 5.43 Å². The summed E-state index contributed by atoms with van der Waals surface area (Å²) in [7, 11) is 0. The molecule has 76 valence electrons. The third-order valence-corrected chi connectivity index (χ3v) is 2.60. The van der Waals surface area contributed by atoms with Gasteiger partial charge in [-0.05, 0) is 31.6 Å². The molecule has 0 aromatic rings. The van der Waals surface area contributed by atoms with Gasteiger partial charge in [0, 0.05) is 13.0 Å². The van der Waals surface area contributed by atoms with Gasteiger partial charge < -0.3 is 4.74 Å². The fourth-order valence-corrected chi connectivity index (χ4v) is 1.73. The van der Waals surface area contributed by atoms with Crippen LogP contribution in [0.4, 0.5) is 0 Å². The summed E-state index contributed by atoms with van der Waals surface area (Å²) in [5, 5.41) is 0. The van der Waals surface area contributed by atoms with Crippen molar-refractivity contribution < 1.29 is 9.53 Å². The van der Waals surface area contributed by atoms with Crippen molar-refractivity contribution in [3.63, 3.8) is 0 Å². The van der Waals surface area contributed by atoms with Crippen LogP contribution in [0.5, 0.6) is 0 Å². The maximum absolute atomic E-state index is 10.6. The van der Waals surface area contributed by atoms with Gasteiger partial charge in [-0.2, -0.15) is 0 Å². The first-order chi connectivity index (χ1) is 6.22. The Bertz CT molecular complexity index is 165. The van der Waals surface area contributed by atoms with E-state index in [4.69, 9.17) is 10.6 Å². The van der Waals surface area contributed by atoms with Gasteiger partial charge in [0.15, 0.2) is 0 Å². The molecule has 0 saturated heterocycles. The van der Waals surface area contributed by atoms with Gasteiger partial charge >= 0.3 is 5.97 Å². The zero-order valence-corrected chi connectivity index (χ0v) is 8.08. The zero-order chi connectivity index (χ0) is 9.68. The summed E-state index contributed by atoms with van der Waals surface area (Å²) in [4.78, 5) is 10.6. The Kier molecular flexibility index (Phi) is 4.18. The van der Waals surface area contributed by atoms with Gasteiger partial charge in [0.2, 0.25) is 0 Å². The van der Waals surface area contributed by atoms with Gasteiger partial charge in [-0.15, -0.1) is 0 Å². The minimum Gasteiger partial charge on any atom is -0.466 e. The van der Waals surface area contributed by atoms with Crippen LogP contribution in [0, 0.1) is 5.92 Å². The molecule has 0 bridgehead atoms. The van der Waals surface area contributed by atoms with E-state index in [9.17, 15) is 4.79 Å². The molecule has 0 amide bonds. The maximum atomic E-state index is 10.6. The number of carbonyl (C=O) groups excluding carboxylic acids is 1. The van der Waals surface area contributed by atoms with Gasteiger partial charge in [0.05, 0.1) is 6.61 Å². The number of esters is 1.